The lowest BCUT2D eigenvalue weighted by Gasteiger charge is -2.10. The highest BCUT2D eigenvalue weighted by molar-refractivity contribution is 7.92. The third-order valence-corrected chi connectivity index (χ3v) is 4.48. The molecule has 0 bridgehead atoms. The van der Waals surface area contributed by atoms with Gasteiger partial charge in [0.1, 0.15) is 5.82 Å². The third kappa shape index (κ3) is 3.85. The standard InChI is InChI=1S/C13H11Cl2FN2O2S/c14-9-4-10(15)6-11(5-9)18-21(19,20)12-1-2-13(16)8(3-12)7-17/h1-6,18H,7,17H2. The molecule has 0 aromatic heterocycles. The number of nitrogens with two attached hydrogens (primary N) is 1. The van der Waals surface area contributed by atoms with Crippen LogP contribution < -0.4 is 10.5 Å². The van der Waals surface area contributed by atoms with E-state index in [1.807, 2.05) is 0 Å². The lowest BCUT2D eigenvalue weighted by Crippen LogP contribution is -2.14. The molecule has 2 aromatic rings. The highest BCUT2D eigenvalue weighted by Gasteiger charge is 2.16. The highest BCUT2D eigenvalue weighted by atomic mass is 35.5. The first kappa shape index (κ1) is 16.0. The smallest absolute Gasteiger partial charge is 0.261 e. The fourth-order valence-corrected chi connectivity index (χ4v) is 3.32. The van der Waals surface area contributed by atoms with Crippen LogP contribution in [0.5, 0.6) is 0 Å². The SMILES string of the molecule is NCc1cc(S(=O)(=O)Nc2cc(Cl)cc(Cl)c2)ccc1F. The lowest BCUT2D eigenvalue weighted by atomic mass is 10.2. The molecule has 21 heavy (non-hydrogen) atoms. The van der Waals surface area contributed by atoms with Gasteiger partial charge in [-0.15, -0.1) is 0 Å². The van der Waals surface area contributed by atoms with E-state index in [4.69, 9.17) is 28.9 Å². The van der Waals surface area contributed by atoms with Crippen LogP contribution in [0.25, 0.3) is 0 Å². The van der Waals surface area contributed by atoms with E-state index in [1.54, 1.807) is 0 Å². The van der Waals surface area contributed by atoms with Gasteiger partial charge in [-0.1, -0.05) is 23.2 Å². The summed E-state index contributed by atoms with van der Waals surface area (Å²) in [6.07, 6.45) is 0. The molecule has 0 aliphatic rings. The van der Waals surface area contributed by atoms with E-state index in [1.165, 1.54) is 24.3 Å². The Labute approximate surface area is 131 Å². The van der Waals surface area contributed by atoms with Gasteiger partial charge in [0, 0.05) is 22.2 Å². The minimum absolute atomic E-state index is 0.0968. The van der Waals surface area contributed by atoms with Crippen LogP contribution in [0.15, 0.2) is 41.3 Å². The Balaban J connectivity index is 2.38. The summed E-state index contributed by atoms with van der Waals surface area (Å²) in [5.41, 5.74) is 5.69. The van der Waals surface area contributed by atoms with Gasteiger partial charge in [-0.2, -0.15) is 0 Å². The number of anilines is 1. The van der Waals surface area contributed by atoms with Crippen LogP contribution in [-0.4, -0.2) is 8.42 Å². The number of hydrogen-bond donors (Lipinski definition) is 2. The molecule has 0 fully saturated rings. The summed E-state index contributed by atoms with van der Waals surface area (Å²) < 4.78 is 40.2. The van der Waals surface area contributed by atoms with Crippen molar-refractivity contribution < 1.29 is 12.8 Å². The third-order valence-electron chi connectivity index (χ3n) is 2.66. The van der Waals surface area contributed by atoms with Gasteiger partial charge in [0.15, 0.2) is 0 Å². The van der Waals surface area contributed by atoms with Crippen molar-refractivity contribution in [3.63, 3.8) is 0 Å². The number of halogens is 3. The Kier molecular flexibility index (Phi) is 4.73. The quantitative estimate of drug-likeness (QED) is 0.889. The summed E-state index contributed by atoms with van der Waals surface area (Å²) in [4.78, 5) is -0.0968. The molecule has 3 N–H and O–H groups in total. The summed E-state index contributed by atoms with van der Waals surface area (Å²) in [6.45, 7) is -0.0990. The maximum atomic E-state index is 13.4. The predicted octanol–water partition coefficient (Wildman–Crippen LogP) is 3.39. The van der Waals surface area contributed by atoms with Crippen molar-refractivity contribution >= 4 is 38.9 Å². The molecule has 8 heteroatoms. The Morgan fingerprint density at radius 1 is 1.10 bits per heavy atom. The normalized spacial score (nSPS) is 11.4. The first-order valence-electron chi connectivity index (χ1n) is 5.79. The Hall–Kier alpha value is -1.34. The zero-order valence-electron chi connectivity index (χ0n) is 10.6. The molecule has 0 spiro atoms. The van der Waals surface area contributed by atoms with E-state index in [9.17, 15) is 12.8 Å². The molecule has 0 aliphatic heterocycles. The number of hydrogen-bond acceptors (Lipinski definition) is 3. The van der Waals surface area contributed by atoms with Gasteiger partial charge >= 0.3 is 0 Å². The van der Waals surface area contributed by atoms with Crippen LogP contribution in [0.4, 0.5) is 10.1 Å². The second-order valence-electron chi connectivity index (χ2n) is 4.22. The fourth-order valence-electron chi connectivity index (χ4n) is 1.70. The van der Waals surface area contributed by atoms with Crippen molar-refractivity contribution in [2.24, 2.45) is 5.73 Å². The second kappa shape index (κ2) is 6.19. The molecule has 0 saturated carbocycles. The first-order valence-corrected chi connectivity index (χ1v) is 8.03. The van der Waals surface area contributed by atoms with Gasteiger partial charge in [0.25, 0.3) is 10.0 Å². The summed E-state index contributed by atoms with van der Waals surface area (Å²) in [7, 11) is -3.89. The largest absolute Gasteiger partial charge is 0.326 e. The molecule has 0 aliphatic carbocycles. The molecule has 0 radical (unpaired) electrons. The van der Waals surface area contributed by atoms with Crippen molar-refractivity contribution in [3.05, 3.63) is 57.8 Å². The molecular formula is C13H11Cl2FN2O2S. The molecule has 0 amide bonds. The van der Waals surface area contributed by atoms with E-state index in [0.29, 0.717) is 10.0 Å². The Bertz CT molecular complexity index is 761. The summed E-state index contributed by atoms with van der Waals surface area (Å²) in [6, 6.07) is 7.70. The van der Waals surface area contributed by atoms with Gasteiger partial charge in [0.05, 0.1) is 10.6 Å². The zero-order valence-corrected chi connectivity index (χ0v) is 12.9. The van der Waals surface area contributed by atoms with Crippen molar-refractivity contribution in [1.29, 1.82) is 0 Å². The average molecular weight is 349 g/mol. The van der Waals surface area contributed by atoms with Crippen molar-refractivity contribution in [1.82, 2.24) is 0 Å². The molecule has 0 saturated heterocycles. The molecule has 4 nitrogen and oxygen atoms in total. The van der Waals surface area contributed by atoms with E-state index < -0.39 is 15.8 Å². The van der Waals surface area contributed by atoms with E-state index in [-0.39, 0.29) is 22.7 Å². The van der Waals surface area contributed by atoms with Gasteiger partial charge in [0.2, 0.25) is 0 Å². The van der Waals surface area contributed by atoms with Crippen LogP contribution in [0, 0.1) is 5.82 Å². The van der Waals surface area contributed by atoms with Crippen LogP contribution >= 0.6 is 23.2 Å². The molecule has 2 aromatic carbocycles. The maximum absolute atomic E-state index is 13.4. The second-order valence-corrected chi connectivity index (χ2v) is 6.78. The fraction of sp³-hybridized carbons (Fsp3) is 0.0769. The zero-order chi connectivity index (χ0) is 15.6. The average Bonchev–Trinajstić information content (AvgIpc) is 2.37. The minimum atomic E-state index is -3.89. The van der Waals surface area contributed by atoms with Crippen LogP contribution in [0.2, 0.25) is 10.0 Å². The van der Waals surface area contributed by atoms with Crippen molar-refractivity contribution in [2.45, 2.75) is 11.4 Å². The monoisotopic (exact) mass is 348 g/mol. The van der Waals surface area contributed by atoms with E-state index in [2.05, 4.69) is 4.72 Å². The van der Waals surface area contributed by atoms with Crippen LogP contribution in [0.1, 0.15) is 5.56 Å². The van der Waals surface area contributed by atoms with Crippen molar-refractivity contribution in [3.8, 4) is 0 Å². The van der Waals surface area contributed by atoms with E-state index >= 15 is 0 Å². The molecule has 0 unspecified atom stereocenters. The molecule has 0 heterocycles. The summed E-state index contributed by atoms with van der Waals surface area (Å²) in [5, 5.41) is 0.587. The molecule has 0 atom stereocenters. The first-order chi connectivity index (χ1) is 9.81. The number of nitrogens with one attached hydrogen (secondary N) is 1. The number of benzene rings is 2. The molecule has 2 rings (SSSR count). The molecular weight excluding hydrogens is 338 g/mol. The maximum Gasteiger partial charge on any atom is 0.261 e. The predicted molar refractivity (Wildman–Crippen MR) is 81.6 cm³/mol. The van der Waals surface area contributed by atoms with Gasteiger partial charge in [-0.25, -0.2) is 12.8 Å². The summed E-state index contributed by atoms with van der Waals surface area (Å²) in [5.74, 6) is -0.553. The van der Waals surface area contributed by atoms with Crippen LogP contribution in [0.3, 0.4) is 0 Å². The topological polar surface area (TPSA) is 72.2 Å². The lowest BCUT2D eigenvalue weighted by molar-refractivity contribution is 0.596. The van der Waals surface area contributed by atoms with Gasteiger partial charge in [-0.3, -0.25) is 4.72 Å². The number of rotatable bonds is 4. The number of sulfonamides is 1. The minimum Gasteiger partial charge on any atom is -0.326 e. The van der Waals surface area contributed by atoms with Crippen LogP contribution in [-0.2, 0) is 16.6 Å². The van der Waals surface area contributed by atoms with Crippen molar-refractivity contribution in [2.75, 3.05) is 4.72 Å². The summed E-state index contributed by atoms with van der Waals surface area (Å²) >= 11 is 11.6. The highest BCUT2D eigenvalue weighted by Crippen LogP contribution is 2.25. The Morgan fingerprint density at radius 2 is 1.71 bits per heavy atom. The van der Waals surface area contributed by atoms with E-state index in [0.717, 1.165) is 12.1 Å². The molecule has 112 valence electrons. The Morgan fingerprint density at radius 3 is 2.29 bits per heavy atom. The van der Waals surface area contributed by atoms with Gasteiger partial charge in [-0.05, 0) is 36.4 Å². The van der Waals surface area contributed by atoms with Gasteiger partial charge < -0.3 is 5.73 Å².